The number of allylic oxidation sites excluding steroid dienone is 1. The van der Waals surface area contributed by atoms with E-state index in [1.165, 1.54) is 35.4 Å². The normalized spacial score (nSPS) is 13.7. The molecule has 0 bridgehead atoms. The predicted octanol–water partition coefficient (Wildman–Crippen LogP) is 4.08. The maximum absolute atomic E-state index is 13.8. The average Bonchev–Trinajstić information content (AvgIpc) is 1.63. The Bertz CT molecular complexity index is 3500. The minimum atomic E-state index is -1.31. The second-order valence-corrected chi connectivity index (χ2v) is 23.0. The Morgan fingerprint density at radius 1 is 0.717 bits per heavy atom. The molecule has 32 heteroatoms. The van der Waals surface area contributed by atoms with Crippen LogP contribution < -0.4 is 14.8 Å². The molecule has 0 saturated carbocycles. The number of amides is 2. The van der Waals surface area contributed by atoms with Crippen LogP contribution in [0.4, 0.5) is 13.2 Å². The van der Waals surface area contributed by atoms with Crippen molar-refractivity contribution in [2.45, 2.75) is 51.7 Å². The number of rotatable bonds is 47. The fourth-order valence-electron chi connectivity index (χ4n) is 10.9. The highest BCUT2D eigenvalue weighted by atomic mass is 19.1. The Kier molecular flexibility index (Phi) is 33.0. The number of nitriles is 1. The lowest BCUT2D eigenvalue weighted by molar-refractivity contribution is -0.136. The fourth-order valence-corrected chi connectivity index (χ4v) is 10.9. The third-order valence-electron chi connectivity index (χ3n) is 16.1. The van der Waals surface area contributed by atoms with Gasteiger partial charge in [-0.1, -0.05) is 35.5 Å². The second kappa shape index (κ2) is 42.7. The first-order valence-corrected chi connectivity index (χ1v) is 33.3. The number of aromatic amines is 1. The molecule has 2 aromatic carbocycles. The van der Waals surface area contributed by atoms with Crippen molar-refractivity contribution in [3.05, 3.63) is 113 Å². The molecule has 2 amide bonds. The molecule has 4 aromatic heterocycles. The number of aliphatic hydroxyl groups excluding tert-OH is 1. The SMILES string of the molecule is COc1cnc(-n2cnc(C(=O)NCCCN(CCCO)CCCN3CCN(CCOCCOCCOCCOCc4cn(CCOCCOCCOCCOCCC(=O)Oc5c(F)cc(F)cc5F)nn4)CC3)n2)c2[nH]cc(C(=O)C(=O)N3CCC(=C(C#N)c4ccccc4)CC3)c12. The number of Topliss-reactive ketones (excluding diaryl/α,β-unsaturated/α-hetero) is 1. The van der Waals surface area contributed by atoms with Crippen LogP contribution in [0, 0.1) is 28.8 Å². The van der Waals surface area contributed by atoms with Crippen molar-refractivity contribution < 1.29 is 84.8 Å². The third kappa shape index (κ3) is 25.2. The van der Waals surface area contributed by atoms with Gasteiger partial charge in [0.2, 0.25) is 11.6 Å². The first-order valence-electron chi connectivity index (χ1n) is 33.3. The van der Waals surface area contributed by atoms with Gasteiger partial charge >= 0.3 is 5.97 Å². The zero-order valence-corrected chi connectivity index (χ0v) is 56.0. The molecular weight excluding hydrogens is 1300 g/mol. The number of hydrogen-bond acceptors (Lipinski definition) is 24. The van der Waals surface area contributed by atoms with Crippen LogP contribution in [-0.2, 0) is 60.6 Å². The zero-order valence-electron chi connectivity index (χ0n) is 56.0. The van der Waals surface area contributed by atoms with Crippen LogP contribution in [0.2, 0.25) is 0 Å². The van der Waals surface area contributed by atoms with Crippen molar-refractivity contribution in [3.63, 3.8) is 0 Å². The maximum Gasteiger partial charge on any atom is 0.313 e. The van der Waals surface area contributed by atoms with Crippen molar-refractivity contribution in [1.82, 2.24) is 64.6 Å². The van der Waals surface area contributed by atoms with Crippen LogP contribution >= 0.6 is 0 Å². The van der Waals surface area contributed by atoms with Gasteiger partial charge in [-0.05, 0) is 62.9 Å². The highest BCUT2D eigenvalue weighted by Crippen LogP contribution is 2.33. The van der Waals surface area contributed by atoms with Gasteiger partial charge in [-0.2, -0.15) is 9.94 Å². The second-order valence-electron chi connectivity index (χ2n) is 23.0. The van der Waals surface area contributed by atoms with E-state index in [1.807, 2.05) is 30.3 Å². The Morgan fingerprint density at radius 2 is 1.31 bits per heavy atom. The number of likely N-dealkylation sites (tertiary alicyclic amines) is 1. The molecule has 538 valence electrons. The van der Waals surface area contributed by atoms with E-state index >= 15 is 0 Å². The molecule has 0 atom stereocenters. The largest absolute Gasteiger partial charge is 0.494 e. The molecule has 0 radical (unpaired) electrons. The molecule has 29 nitrogen and oxygen atoms in total. The van der Waals surface area contributed by atoms with E-state index in [0.29, 0.717) is 172 Å². The van der Waals surface area contributed by atoms with Crippen LogP contribution in [0.15, 0.2) is 73.0 Å². The van der Waals surface area contributed by atoms with E-state index in [4.69, 9.17) is 42.6 Å². The number of aliphatic hydroxyl groups is 1. The lowest BCUT2D eigenvalue weighted by Gasteiger charge is -2.35. The number of pyridine rings is 1. The Morgan fingerprint density at radius 3 is 1.95 bits per heavy atom. The van der Waals surface area contributed by atoms with E-state index in [-0.39, 0.29) is 55.8 Å². The smallest absolute Gasteiger partial charge is 0.313 e. The number of piperazine rings is 1. The number of ether oxygens (including phenoxy) is 10. The first-order chi connectivity index (χ1) is 48.4. The molecule has 0 aliphatic carbocycles. The van der Waals surface area contributed by atoms with Crippen LogP contribution in [0.1, 0.15) is 70.8 Å². The quantitative estimate of drug-likeness (QED) is 0.0121. The third-order valence-corrected chi connectivity index (χ3v) is 16.1. The lowest BCUT2D eigenvalue weighted by Crippen LogP contribution is -2.47. The maximum atomic E-state index is 13.8. The highest BCUT2D eigenvalue weighted by Gasteiger charge is 2.31. The predicted molar refractivity (Wildman–Crippen MR) is 351 cm³/mol. The molecule has 2 aliphatic heterocycles. The molecule has 8 rings (SSSR count). The number of methoxy groups -OCH3 is 1. The molecule has 0 spiro atoms. The number of carbonyl (C=O) groups excluding carboxylic acids is 4. The summed E-state index contributed by atoms with van der Waals surface area (Å²) in [5, 5.41) is 35.4. The van der Waals surface area contributed by atoms with E-state index in [1.54, 1.807) is 10.9 Å². The first kappa shape index (κ1) is 76.6. The van der Waals surface area contributed by atoms with Crippen LogP contribution in [0.5, 0.6) is 11.5 Å². The van der Waals surface area contributed by atoms with Gasteiger partial charge in [0.15, 0.2) is 17.5 Å². The molecular formula is C67H89F3N14O15. The van der Waals surface area contributed by atoms with E-state index in [9.17, 15) is 42.7 Å². The number of nitrogens with zero attached hydrogens (tertiary/aromatic N) is 12. The molecule has 2 saturated heterocycles. The number of hydrogen-bond donors (Lipinski definition) is 3. The summed E-state index contributed by atoms with van der Waals surface area (Å²) in [6.45, 7) is 15.4. The number of nitrogens with one attached hydrogen (secondary N) is 2. The highest BCUT2D eigenvalue weighted by molar-refractivity contribution is 6.45. The topological polar surface area (TPSA) is 320 Å². The minimum absolute atomic E-state index is 0.0542. The van der Waals surface area contributed by atoms with Gasteiger partial charge in [-0.25, -0.2) is 27.8 Å². The molecule has 99 heavy (non-hydrogen) atoms. The van der Waals surface area contributed by atoms with E-state index in [0.717, 1.165) is 76.5 Å². The van der Waals surface area contributed by atoms with E-state index < -0.39 is 46.8 Å². The summed E-state index contributed by atoms with van der Waals surface area (Å²) in [7, 11) is 1.44. The molecule has 0 unspecified atom stereocenters. The zero-order chi connectivity index (χ0) is 69.8. The molecule has 6 aromatic rings. The minimum Gasteiger partial charge on any atom is -0.494 e. The van der Waals surface area contributed by atoms with Crippen molar-refractivity contribution in [2.24, 2.45) is 0 Å². The average molecular weight is 1390 g/mol. The number of halogens is 3. The van der Waals surface area contributed by atoms with Crippen molar-refractivity contribution >= 4 is 40.0 Å². The Balaban J connectivity index is 0.585. The number of ketones is 1. The van der Waals surface area contributed by atoms with Gasteiger partial charge in [-0.3, -0.25) is 24.1 Å². The molecule has 2 aliphatic rings. The monoisotopic (exact) mass is 1390 g/mol. The number of H-pyrrole nitrogens is 1. The van der Waals surface area contributed by atoms with Crippen molar-refractivity contribution in [2.75, 3.05) is 191 Å². The summed E-state index contributed by atoms with van der Waals surface area (Å²) in [5.41, 5.74) is 3.52. The molecule has 3 N–H and O–H groups in total. The summed E-state index contributed by atoms with van der Waals surface area (Å²) in [4.78, 5) is 73.1. The summed E-state index contributed by atoms with van der Waals surface area (Å²) >= 11 is 0. The summed E-state index contributed by atoms with van der Waals surface area (Å²) in [6.07, 6.45) is 9.01. The van der Waals surface area contributed by atoms with Gasteiger partial charge in [0.25, 0.3) is 17.6 Å². The van der Waals surface area contributed by atoms with Gasteiger partial charge in [-0.15, -0.1) is 10.2 Å². The van der Waals surface area contributed by atoms with Gasteiger partial charge < -0.3 is 77.5 Å². The van der Waals surface area contributed by atoms with Gasteiger partial charge in [0.05, 0.1) is 166 Å². The molecule has 6 heterocycles. The van der Waals surface area contributed by atoms with Crippen LogP contribution in [0.3, 0.4) is 0 Å². The van der Waals surface area contributed by atoms with E-state index in [2.05, 4.69) is 61.2 Å². The Labute approximate surface area is 572 Å². The number of benzene rings is 2. The van der Waals surface area contributed by atoms with Gasteiger partial charge in [0, 0.05) is 83.8 Å². The Hall–Kier alpha value is -8.17. The number of piperidine rings is 1. The molecule has 2 fully saturated rings. The number of fused-ring (bicyclic) bond motifs is 1. The summed E-state index contributed by atoms with van der Waals surface area (Å²) in [5.74, 6) is -7.03. The van der Waals surface area contributed by atoms with Crippen molar-refractivity contribution in [3.8, 4) is 23.4 Å². The summed E-state index contributed by atoms with van der Waals surface area (Å²) in [6, 6.07) is 12.6. The lowest BCUT2D eigenvalue weighted by atomic mass is 9.93. The van der Waals surface area contributed by atoms with Crippen molar-refractivity contribution in [1.29, 1.82) is 5.26 Å². The van der Waals surface area contributed by atoms with Gasteiger partial charge in [0.1, 0.15) is 23.6 Å². The number of esters is 1. The van der Waals surface area contributed by atoms with Crippen LogP contribution in [0.25, 0.3) is 22.3 Å². The number of carbonyl (C=O) groups is 4. The standard InChI is InChI=1S/C67H89F3N14O15/c1-90-58-46-74-65(61-60(58)55(45-73-61)62(87)67(89)82-18-10-51(11-19-82)54(44-71)50-8-3-2-4-9-50)84-49-75-64(77-84)66(88)72-13-5-14-79(17-7-26-85)15-6-16-80-20-22-81(23-21-80)24-28-92-31-34-95-38-39-97-40-41-98-48-53-47-83(78-76-53)25-29-93-32-35-96-37-36-94-33-30-91-27-12-59(86)99-63-56(69)42-52(68)43-57(63)70/h2-4,8-9,42-43,45-47,49,73,85H,5-7,10-41,48H2,1H3,(H,72,88). The summed E-state index contributed by atoms with van der Waals surface area (Å²) < 4.78 is 98.0. The number of aromatic nitrogens is 8. The van der Waals surface area contributed by atoms with Crippen LogP contribution in [-0.4, -0.2) is 279 Å². The fraction of sp³-hybridized carbons (Fsp3) is 0.552.